The second kappa shape index (κ2) is 10.7. The van der Waals surface area contributed by atoms with Crippen molar-refractivity contribution in [3.05, 3.63) is 42.4 Å². The highest BCUT2D eigenvalue weighted by Crippen LogP contribution is 2.37. The Morgan fingerprint density at radius 3 is 2.62 bits per heavy atom. The van der Waals surface area contributed by atoms with Gasteiger partial charge in [0.2, 0.25) is 5.91 Å². The number of nitrogens with zero attached hydrogens (tertiary/aromatic N) is 5. The van der Waals surface area contributed by atoms with Gasteiger partial charge in [0.1, 0.15) is 0 Å². The van der Waals surface area contributed by atoms with E-state index in [2.05, 4.69) is 35.7 Å². The molecule has 12 nitrogen and oxygen atoms in total. The van der Waals surface area contributed by atoms with Gasteiger partial charge in [-0.15, -0.1) is 10.2 Å². The monoisotopic (exact) mass is 507 g/mol. The van der Waals surface area contributed by atoms with E-state index in [1.165, 1.54) is 13.2 Å². The minimum absolute atomic E-state index is 0.0804. The number of hydrogen-bond donors (Lipinski definition) is 3. The molecular formula is C25H28N8O4. The summed E-state index contributed by atoms with van der Waals surface area (Å²) in [5.41, 5.74) is 1.73. The van der Waals surface area contributed by atoms with Gasteiger partial charge in [-0.1, -0.05) is 6.07 Å². The largest absolute Gasteiger partial charge is 0.494 e. The van der Waals surface area contributed by atoms with E-state index in [0.717, 1.165) is 31.6 Å². The molecule has 0 atom stereocenters. The molecule has 3 aromatic rings. The molecule has 2 fully saturated rings. The number of carbonyl (C=O) groups excluding carboxylic acids is 2. The summed E-state index contributed by atoms with van der Waals surface area (Å²) in [5, 5.41) is 15.5. The molecule has 2 aromatic heterocycles. The molecule has 2 amide bonds. The van der Waals surface area contributed by atoms with Crippen LogP contribution in [0.1, 0.15) is 27.4 Å². The van der Waals surface area contributed by atoms with E-state index in [4.69, 9.17) is 13.6 Å². The Morgan fingerprint density at radius 1 is 1.14 bits per heavy atom. The maximum absolute atomic E-state index is 12.8. The lowest BCUT2D eigenvalue weighted by Crippen LogP contribution is -2.36. The smallest absolute Gasteiger partial charge is 0.273 e. The van der Waals surface area contributed by atoms with Crippen molar-refractivity contribution in [1.82, 2.24) is 25.5 Å². The highest BCUT2D eigenvalue weighted by molar-refractivity contribution is 6.00. The number of amides is 2. The standard InChI is InChI=1S/C25H28N8O4/c1-26-25(35)21-19(12-20(31-32-21)30-24(34)15-6-7-15)29-18-5-3-4-17(22(18)36-2)23-27-13-16(14-28-23)33-8-10-37-11-9-33/h3-5,12-15H,6-11H2,1-2H3,(H,26,35)(H2,29,30,31,34)/i1D3. The van der Waals surface area contributed by atoms with Crippen LogP contribution in [0.2, 0.25) is 0 Å². The van der Waals surface area contributed by atoms with Gasteiger partial charge in [0, 0.05) is 36.2 Å². The van der Waals surface area contributed by atoms with Crippen LogP contribution in [0.15, 0.2) is 36.7 Å². The third-order valence-electron chi connectivity index (χ3n) is 6.07. The zero-order chi connectivity index (χ0) is 28.3. The van der Waals surface area contributed by atoms with Gasteiger partial charge in [0.15, 0.2) is 23.1 Å². The molecule has 2 aliphatic rings. The zero-order valence-corrected chi connectivity index (χ0v) is 20.2. The summed E-state index contributed by atoms with van der Waals surface area (Å²) in [4.78, 5) is 36.3. The van der Waals surface area contributed by atoms with Gasteiger partial charge in [-0.3, -0.25) is 9.59 Å². The Hall–Kier alpha value is -4.32. The van der Waals surface area contributed by atoms with Crippen LogP contribution in [0.4, 0.5) is 22.9 Å². The number of carbonyl (C=O) groups is 2. The predicted octanol–water partition coefficient (Wildman–Crippen LogP) is 2.23. The lowest BCUT2D eigenvalue weighted by molar-refractivity contribution is -0.117. The van der Waals surface area contributed by atoms with E-state index >= 15 is 0 Å². The van der Waals surface area contributed by atoms with Crippen molar-refractivity contribution >= 4 is 34.7 Å². The molecule has 1 aromatic carbocycles. The Kier molecular flexibility index (Phi) is 6.05. The van der Waals surface area contributed by atoms with Gasteiger partial charge < -0.3 is 30.3 Å². The molecule has 12 heteroatoms. The summed E-state index contributed by atoms with van der Waals surface area (Å²) < 4.78 is 33.3. The van der Waals surface area contributed by atoms with Gasteiger partial charge in [-0.25, -0.2) is 9.97 Å². The highest BCUT2D eigenvalue weighted by Gasteiger charge is 2.30. The van der Waals surface area contributed by atoms with Gasteiger partial charge in [0.25, 0.3) is 5.91 Å². The maximum Gasteiger partial charge on any atom is 0.273 e. The number of morpholine rings is 1. The number of methoxy groups -OCH3 is 1. The molecule has 1 aliphatic carbocycles. The first kappa shape index (κ1) is 20.8. The number of benzene rings is 1. The van der Waals surface area contributed by atoms with Crippen LogP contribution in [-0.2, 0) is 9.53 Å². The Labute approximate surface area is 218 Å². The van der Waals surface area contributed by atoms with E-state index in [9.17, 15) is 9.59 Å². The number of nitrogens with one attached hydrogen (secondary N) is 3. The van der Waals surface area contributed by atoms with Crippen molar-refractivity contribution in [2.45, 2.75) is 12.8 Å². The molecule has 0 unspecified atom stereocenters. The lowest BCUT2D eigenvalue weighted by atomic mass is 10.1. The van der Waals surface area contributed by atoms with E-state index in [0.29, 0.717) is 36.0 Å². The summed E-state index contributed by atoms with van der Waals surface area (Å²) in [6.45, 7) is 0.0621. The lowest BCUT2D eigenvalue weighted by Gasteiger charge is -2.28. The van der Waals surface area contributed by atoms with Crippen molar-refractivity contribution in [3.63, 3.8) is 0 Å². The van der Waals surface area contributed by atoms with Crippen LogP contribution in [0.25, 0.3) is 11.4 Å². The fourth-order valence-electron chi connectivity index (χ4n) is 3.97. The van der Waals surface area contributed by atoms with Crippen LogP contribution < -0.4 is 25.6 Å². The first-order valence-corrected chi connectivity index (χ1v) is 11.8. The summed E-state index contributed by atoms with van der Waals surface area (Å²) >= 11 is 0. The van der Waals surface area contributed by atoms with Crippen molar-refractivity contribution in [2.75, 3.05) is 55.9 Å². The average Bonchev–Trinajstić information content (AvgIpc) is 3.79. The number of ether oxygens (including phenoxy) is 2. The molecular weight excluding hydrogens is 476 g/mol. The van der Waals surface area contributed by atoms with E-state index < -0.39 is 12.9 Å². The van der Waals surface area contributed by atoms with Crippen molar-refractivity contribution in [2.24, 2.45) is 5.92 Å². The molecule has 0 spiro atoms. The Morgan fingerprint density at radius 2 is 1.92 bits per heavy atom. The maximum atomic E-state index is 12.8. The normalized spacial score (nSPS) is 16.7. The molecule has 1 saturated carbocycles. The van der Waals surface area contributed by atoms with Gasteiger partial charge >= 0.3 is 0 Å². The minimum Gasteiger partial charge on any atom is -0.494 e. The van der Waals surface area contributed by atoms with Gasteiger partial charge in [-0.2, -0.15) is 0 Å². The van der Waals surface area contributed by atoms with Crippen LogP contribution in [0.5, 0.6) is 5.75 Å². The number of aromatic nitrogens is 4. The second-order valence-electron chi connectivity index (χ2n) is 8.59. The first-order chi connectivity index (χ1) is 19.2. The zero-order valence-electron chi connectivity index (χ0n) is 23.2. The fourth-order valence-corrected chi connectivity index (χ4v) is 3.97. The molecule has 5 rings (SSSR count). The highest BCUT2D eigenvalue weighted by atomic mass is 16.5. The third-order valence-corrected chi connectivity index (χ3v) is 6.07. The second-order valence-corrected chi connectivity index (χ2v) is 8.59. The minimum atomic E-state index is -2.74. The summed E-state index contributed by atoms with van der Waals surface area (Å²) in [5.74, 6) is -0.332. The van der Waals surface area contributed by atoms with Crippen LogP contribution in [-0.4, -0.2) is 72.4 Å². The number of hydrogen-bond acceptors (Lipinski definition) is 10. The molecule has 1 saturated heterocycles. The van der Waals surface area contributed by atoms with Crippen molar-refractivity contribution < 1.29 is 23.2 Å². The number of rotatable bonds is 8. The summed E-state index contributed by atoms with van der Waals surface area (Å²) in [6.07, 6.45) is 5.07. The summed E-state index contributed by atoms with van der Waals surface area (Å²) in [6, 6.07) is 6.67. The SMILES string of the molecule is [2H]C([2H])([2H])NC(=O)c1nnc(NC(=O)C2CC2)cc1Nc1cccc(-c2ncc(N3CCOCC3)cn2)c1OC. The topological polar surface area (TPSA) is 143 Å². The average molecular weight is 508 g/mol. The van der Waals surface area contributed by atoms with E-state index in [-0.39, 0.29) is 29.0 Å². The van der Waals surface area contributed by atoms with Crippen LogP contribution in [0.3, 0.4) is 0 Å². The molecule has 0 bridgehead atoms. The first-order valence-electron chi connectivity index (χ1n) is 13.3. The number of para-hydroxylation sites is 1. The molecule has 0 radical (unpaired) electrons. The van der Waals surface area contributed by atoms with E-state index in [1.807, 2.05) is 5.32 Å². The molecule has 1 aliphatic heterocycles. The van der Waals surface area contributed by atoms with Gasteiger partial charge in [0.05, 0.1) is 55.3 Å². The van der Waals surface area contributed by atoms with Crippen LogP contribution >= 0.6 is 0 Å². The predicted molar refractivity (Wildman–Crippen MR) is 137 cm³/mol. The summed E-state index contributed by atoms with van der Waals surface area (Å²) in [7, 11) is 1.49. The Bertz CT molecular complexity index is 1390. The van der Waals surface area contributed by atoms with E-state index in [1.54, 1.807) is 30.6 Å². The van der Waals surface area contributed by atoms with Crippen molar-refractivity contribution in [1.29, 1.82) is 0 Å². The van der Waals surface area contributed by atoms with Gasteiger partial charge in [-0.05, 0) is 25.0 Å². The van der Waals surface area contributed by atoms with Crippen LogP contribution in [0, 0.1) is 5.92 Å². The quantitative estimate of drug-likeness (QED) is 0.415. The molecule has 3 N–H and O–H groups in total. The fraction of sp³-hybridized carbons (Fsp3) is 0.360. The Balaban J connectivity index is 1.46. The molecule has 192 valence electrons. The number of anilines is 4. The third kappa shape index (κ3) is 5.43. The molecule has 37 heavy (non-hydrogen) atoms. The molecule has 3 heterocycles. The van der Waals surface area contributed by atoms with Crippen molar-refractivity contribution in [3.8, 4) is 17.1 Å².